The first-order valence-electron chi connectivity index (χ1n) is 8.81. The van der Waals surface area contributed by atoms with Crippen LogP contribution in [0, 0.1) is 0 Å². The fourth-order valence-corrected chi connectivity index (χ4v) is 5.93. The molecule has 2 aliphatic rings. The Balaban J connectivity index is 1.38. The van der Waals surface area contributed by atoms with E-state index in [1.54, 1.807) is 36.4 Å². The van der Waals surface area contributed by atoms with Crippen molar-refractivity contribution in [1.82, 2.24) is 0 Å². The molecule has 1 saturated heterocycles. The molecule has 2 aliphatic heterocycles. The zero-order valence-electron chi connectivity index (χ0n) is 14.9. The third-order valence-corrected chi connectivity index (χ3v) is 7.54. The second kappa shape index (κ2) is 8.28. The fraction of sp³-hybridized carbons (Fsp3) is 0.250. The third kappa shape index (κ3) is 4.02. The van der Waals surface area contributed by atoms with Crippen LogP contribution < -0.4 is 10.2 Å². The van der Waals surface area contributed by atoms with E-state index in [1.165, 1.54) is 10.5 Å². The molecule has 0 aliphatic carbocycles. The van der Waals surface area contributed by atoms with Crippen LogP contribution in [0.1, 0.15) is 20.5 Å². The minimum Gasteiger partial charge on any atom is -0.452 e. The minimum atomic E-state index is -0.554. The van der Waals surface area contributed by atoms with Crippen LogP contribution in [0.5, 0.6) is 0 Å². The van der Waals surface area contributed by atoms with E-state index < -0.39 is 18.5 Å². The topological polar surface area (TPSA) is 75.7 Å². The molecule has 0 radical (unpaired) electrons. The van der Waals surface area contributed by atoms with Crippen molar-refractivity contribution in [3.63, 3.8) is 0 Å². The largest absolute Gasteiger partial charge is 0.452 e. The van der Waals surface area contributed by atoms with Gasteiger partial charge in [0, 0.05) is 11.5 Å². The van der Waals surface area contributed by atoms with Gasteiger partial charge in [-0.2, -0.15) is 0 Å². The number of rotatable bonds is 4. The smallest absolute Gasteiger partial charge is 0.338 e. The number of fused-ring (bicyclic) bond motifs is 1. The maximum Gasteiger partial charge on any atom is 0.338 e. The number of ether oxygens (including phenoxy) is 1. The molecule has 144 valence electrons. The molecule has 2 aromatic rings. The second-order valence-corrected chi connectivity index (χ2v) is 9.04. The quantitative estimate of drug-likeness (QED) is 0.774. The van der Waals surface area contributed by atoms with Crippen molar-refractivity contribution in [1.29, 1.82) is 0 Å². The number of carbonyl (C=O) groups excluding carboxylic acids is 3. The molecule has 1 fully saturated rings. The summed E-state index contributed by atoms with van der Waals surface area (Å²) in [5.41, 5.74) is 2.74. The van der Waals surface area contributed by atoms with Gasteiger partial charge >= 0.3 is 5.97 Å². The number of anilines is 2. The summed E-state index contributed by atoms with van der Waals surface area (Å²) in [7, 11) is 0. The maximum atomic E-state index is 12.5. The van der Waals surface area contributed by atoms with E-state index in [1.807, 2.05) is 35.7 Å². The summed E-state index contributed by atoms with van der Waals surface area (Å²) in [5, 5.41) is 2.72. The first-order chi connectivity index (χ1) is 13.6. The molecule has 4 rings (SSSR count). The molecule has 0 bridgehead atoms. The average Bonchev–Trinajstić information content (AvgIpc) is 3.26. The Bertz CT molecular complexity index is 911. The van der Waals surface area contributed by atoms with E-state index in [0.717, 1.165) is 11.5 Å². The predicted octanol–water partition coefficient (Wildman–Crippen LogP) is 3.31. The van der Waals surface area contributed by atoms with Gasteiger partial charge in [0.05, 0.1) is 21.5 Å². The molecule has 2 heterocycles. The van der Waals surface area contributed by atoms with Crippen molar-refractivity contribution < 1.29 is 19.1 Å². The number of hydrogen-bond donors (Lipinski definition) is 1. The number of hydrogen-bond acceptors (Lipinski definition) is 6. The first-order valence-corrected chi connectivity index (χ1v) is 10.9. The molecule has 2 amide bonds. The van der Waals surface area contributed by atoms with Gasteiger partial charge in [0.25, 0.3) is 5.91 Å². The van der Waals surface area contributed by atoms with Crippen LogP contribution in [0.15, 0.2) is 48.5 Å². The standard InChI is InChI=1S/C20H18N2O4S2/c23-17-11-22(16-4-2-1-3-15(16)21-17)18(24)12-26-19(25)13-5-7-14(8-6-13)20-27-9-10-28-20/h1-8,20H,9-12H2,(H,21,23). The Morgan fingerprint density at radius 2 is 1.79 bits per heavy atom. The minimum absolute atomic E-state index is 0.0984. The van der Waals surface area contributed by atoms with E-state index in [4.69, 9.17) is 4.74 Å². The van der Waals surface area contributed by atoms with Crippen molar-refractivity contribution in [3.05, 3.63) is 59.7 Å². The Morgan fingerprint density at radius 1 is 1.07 bits per heavy atom. The lowest BCUT2D eigenvalue weighted by Gasteiger charge is -2.28. The Kier molecular flexibility index (Phi) is 5.59. The number of thioether (sulfide) groups is 2. The summed E-state index contributed by atoms with van der Waals surface area (Å²) in [6.45, 7) is -0.519. The Labute approximate surface area is 171 Å². The van der Waals surface area contributed by atoms with E-state index in [9.17, 15) is 14.4 Å². The SMILES string of the molecule is O=C1CN(C(=O)COC(=O)c2ccc(C3SCCS3)cc2)c2ccccc2N1. The Hall–Kier alpha value is -2.45. The van der Waals surface area contributed by atoms with Crippen LogP contribution >= 0.6 is 23.5 Å². The third-order valence-electron chi connectivity index (χ3n) is 4.44. The highest BCUT2D eigenvalue weighted by Crippen LogP contribution is 2.45. The molecular formula is C20H18N2O4S2. The van der Waals surface area contributed by atoms with Gasteiger partial charge < -0.3 is 10.1 Å². The van der Waals surface area contributed by atoms with Crippen molar-refractivity contribution in [3.8, 4) is 0 Å². The van der Waals surface area contributed by atoms with Crippen LogP contribution in [0.3, 0.4) is 0 Å². The summed E-state index contributed by atoms with van der Waals surface area (Å²) in [5.74, 6) is 1.00. The highest BCUT2D eigenvalue weighted by Gasteiger charge is 2.27. The van der Waals surface area contributed by atoms with Crippen molar-refractivity contribution in [2.75, 3.05) is 34.9 Å². The van der Waals surface area contributed by atoms with Gasteiger partial charge in [-0.3, -0.25) is 14.5 Å². The van der Waals surface area contributed by atoms with Crippen molar-refractivity contribution >= 4 is 52.7 Å². The monoisotopic (exact) mass is 414 g/mol. The van der Waals surface area contributed by atoms with Gasteiger partial charge in [-0.15, -0.1) is 23.5 Å². The lowest BCUT2D eigenvalue weighted by Crippen LogP contribution is -2.44. The van der Waals surface area contributed by atoms with Gasteiger partial charge in [-0.1, -0.05) is 24.3 Å². The number of benzene rings is 2. The summed E-state index contributed by atoms with van der Waals surface area (Å²) in [6.07, 6.45) is 0. The molecule has 0 aromatic heterocycles. The molecule has 0 saturated carbocycles. The van der Waals surface area contributed by atoms with Crippen molar-refractivity contribution in [2.24, 2.45) is 0 Å². The number of esters is 1. The summed E-state index contributed by atoms with van der Waals surface area (Å²) in [6, 6.07) is 14.3. The normalized spacial score (nSPS) is 16.4. The molecule has 0 unspecified atom stereocenters. The summed E-state index contributed by atoms with van der Waals surface area (Å²) < 4.78 is 5.60. The van der Waals surface area contributed by atoms with Crippen LogP contribution in [0.25, 0.3) is 0 Å². The van der Waals surface area contributed by atoms with Gasteiger partial charge in [-0.05, 0) is 29.8 Å². The molecule has 0 atom stereocenters. The van der Waals surface area contributed by atoms with Crippen molar-refractivity contribution in [2.45, 2.75) is 4.58 Å². The lowest BCUT2D eigenvalue weighted by molar-refractivity contribution is -0.124. The second-order valence-electron chi connectivity index (χ2n) is 6.32. The zero-order chi connectivity index (χ0) is 19.5. The summed E-state index contributed by atoms with van der Waals surface area (Å²) in [4.78, 5) is 38.0. The molecule has 2 aromatic carbocycles. The fourth-order valence-electron chi connectivity index (χ4n) is 3.07. The maximum absolute atomic E-state index is 12.5. The number of nitrogens with one attached hydrogen (secondary N) is 1. The first kappa shape index (κ1) is 18.9. The molecule has 8 heteroatoms. The molecule has 0 spiro atoms. The van der Waals surface area contributed by atoms with Crippen LogP contribution in [0.2, 0.25) is 0 Å². The highest BCUT2D eigenvalue weighted by molar-refractivity contribution is 8.19. The molecule has 6 nitrogen and oxygen atoms in total. The predicted molar refractivity (Wildman–Crippen MR) is 112 cm³/mol. The average molecular weight is 415 g/mol. The zero-order valence-corrected chi connectivity index (χ0v) is 16.6. The van der Waals surface area contributed by atoms with Crippen LogP contribution in [-0.2, 0) is 14.3 Å². The number of carbonyl (C=O) groups is 3. The molecular weight excluding hydrogens is 396 g/mol. The van der Waals surface area contributed by atoms with E-state index in [2.05, 4.69) is 5.32 Å². The van der Waals surface area contributed by atoms with Gasteiger partial charge in [-0.25, -0.2) is 4.79 Å². The number of para-hydroxylation sites is 2. The number of amides is 2. The van der Waals surface area contributed by atoms with Gasteiger partial charge in [0.15, 0.2) is 6.61 Å². The molecule has 28 heavy (non-hydrogen) atoms. The number of nitrogens with zero attached hydrogens (tertiary/aromatic N) is 1. The van der Waals surface area contributed by atoms with E-state index in [0.29, 0.717) is 21.5 Å². The Morgan fingerprint density at radius 3 is 2.54 bits per heavy atom. The van der Waals surface area contributed by atoms with Gasteiger partial charge in [0.2, 0.25) is 5.91 Å². The van der Waals surface area contributed by atoms with Crippen LogP contribution in [0.4, 0.5) is 11.4 Å². The lowest BCUT2D eigenvalue weighted by atomic mass is 10.1. The van der Waals surface area contributed by atoms with Crippen LogP contribution in [-0.4, -0.2) is 42.4 Å². The van der Waals surface area contributed by atoms with Gasteiger partial charge in [0.1, 0.15) is 6.54 Å². The van der Waals surface area contributed by atoms with E-state index >= 15 is 0 Å². The summed E-state index contributed by atoms with van der Waals surface area (Å²) >= 11 is 3.80. The molecule has 1 N–H and O–H groups in total. The van der Waals surface area contributed by atoms with E-state index in [-0.39, 0.29) is 12.5 Å². The highest BCUT2D eigenvalue weighted by atomic mass is 32.2.